The van der Waals surface area contributed by atoms with Crippen LogP contribution in [0.15, 0.2) is 59.2 Å². The van der Waals surface area contributed by atoms with E-state index >= 15 is 0 Å². The van der Waals surface area contributed by atoms with Crippen molar-refractivity contribution in [1.29, 1.82) is 0 Å². The van der Waals surface area contributed by atoms with Crippen molar-refractivity contribution in [3.8, 4) is 11.5 Å². The van der Waals surface area contributed by atoms with Gasteiger partial charge in [-0.05, 0) is 55.3 Å². The van der Waals surface area contributed by atoms with Crippen molar-refractivity contribution in [3.63, 3.8) is 0 Å². The molecule has 0 aromatic heterocycles. The number of ether oxygens (including phenoxy) is 3. The van der Waals surface area contributed by atoms with Gasteiger partial charge in [-0.3, -0.25) is 10.1 Å². The number of rotatable bonds is 8. The van der Waals surface area contributed by atoms with Crippen LogP contribution in [0.3, 0.4) is 0 Å². The molecule has 0 saturated heterocycles. The summed E-state index contributed by atoms with van der Waals surface area (Å²) in [5, 5.41) is 11.1. The van der Waals surface area contributed by atoms with E-state index in [0.29, 0.717) is 30.3 Å². The Labute approximate surface area is 183 Å². The molecule has 0 radical (unpaired) electrons. The molecule has 0 fully saturated rings. The average molecular weight is 443 g/mol. The normalized spacial score (nSPS) is 14.2. The third kappa shape index (κ3) is 5.29. The number of benzene rings is 2. The summed E-state index contributed by atoms with van der Waals surface area (Å²) in [6, 6.07) is 9.25. The van der Waals surface area contributed by atoms with E-state index in [1.807, 2.05) is 13.8 Å². The van der Waals surface area contributed by atoms with E-state index < -0.39 is 10.9 Å². The van der Waals surface area contributed by atoms with E-state index in [1.165, 1.54) is 24.3 Å². The Bertz CT molecular complexity index is 1120. The molecule has 2 aromatic carbocycles. The molecule has 0 aliphatic carbocycles. The second-order valence-corrected chi connectivity index (χ2v) is 7.05. The first-order valence-corrected chi connectivity index (χ1v) is 9.67. The van der Waals surface area contributed by atoms with Crippen LogP contribution in [0.25, 0.3) is 6.08 Å². The quantitative estimate of drug-likeness (QED) is 0.188. The fraction of sp³-hybridized carbons (Fsp3) is 0.182. The summed E-state index contributed by atoms with van der Waals surface area (Å²) < 4.78 is 16.5. The van der Waals surface area contributed by atoms with Crippen molar-refractivity contribution in [2.75, 3.05) is 13.2 Å². The molecule has 0 saturated carbocycles. The largest absolute Gasteiger partial charge is 0.490 e. The zero-order valence-corrected chi connectivity index (χ0v) is 17.6. The molecule has 1 aliphatic rings. The van der Waals surface area contributed by atoms with E-state index in [9.17, 15) is 14.9 Å². The van der Waals surface area contributed by atoms with Gasteiger partial charge in [0.2, 0.25) is 5.90 Å². The van der Waals surface area contributed by atoms with Gasteiger partial charge in [0.25, 0.3) is 5.69 Å². The molecule has 0 N–H and O–H groups in total. The van der Waals surface area contributed by atoms with Gasteiger partial charge in [-0.25, -0.2) is 9.79 Å². The molecule has 0 atom stereocenters. The van der Waals surface area contributed by atoms with Gasteiger partial charge in [-0.15, -0.1) is 0 Å². The Kier molecular flexibility index (Phi) is 6.71. The lowest BCUT2D eigenvalue weighted by Crippen LogP contribution is -2.06. The predicted molar refractivity (Wildman–Crippen MR) is 117 cm³/mol. The Hall–Kier alpha value is -3.65. The molecule has 0 amide bonds. The van der Waals surface area contributed by atoms with Crippen LogP contribution in [0, 0.1) is 10.1 Å². The van der Waals surface area contributed by atoms with E-state index in [0.717, 1.165) is 5.57 Å². The Morgan fingerprint density at radius 3 is 2.71 bits per heavy atom. The van der Waals surface area contributed by atoms with Crippen LogP contribution in [0.5, 0.6) is 11.5 Å². The number of esters is 1. The number of carbonyl (C=O) groups is 1. The summed E-state index contributed by atoms with van der Waals surface area (Å²) in [6.45, 7) is 8.30. The smallest absolute Gasteiger partial charge is 0.363 e. The minimum Gasteiger partial charge on any atom is -0.490 e. The average Bonchev–Trinajstić information content (AvgIpc) is 3.08. The van der Waals surface area contributed by atoms with Gasteiger partial charge in [0, 0.05) is 11.6 Å². The fourth-order valence-electron chi connectivity index (χ4n) is 2.68. The van der Waals surface area contributed by atoms with Crippen molar-refractivity contribution in [3.05, 3.63) is 80.5 Å². The Morgan fingerprint density at radius 1 is 1.26 bits per heavy atom. The van der Waals surface area contributed by atoms with E-state index in [1.54, 1.807) is 18.2 Å². The van der Waals surface area contributed by atoms with Crippen LogP contribution < -0.4 is 9.47 Å². The second-order valence-electron chi connectivity index (χ2n) is 6.64. The van der Waals surface area contributed by atoms with Crippen molar-refractivity contribution >= 4 is 35.2 Å². The summed E-state index contributed by atoms with van der Waals surface area (Å²) in [5.74, 6) is 0.358. The molecule has 31 heavy (non-hydrogen) atoms. The number of halogens is 1. The van der Waals surface area contributed by atoms with Crippen LogP contribution in [-0.4, -0.2) is 30.0 Å². The molecule has 8 nitrogen and oxygen atoms in total. The standard InChI is InChI=1S/C22H19ClN2O6/c1-4-29-20-10-14(5-8-19(20)30-12-13(2)3)9-17-22(26)31-21(24-17)15-6-7-16(23)18(11-15)25(27)28/h5-11H,2,4,12H2,1,3H3/b17-9-. The van der Waals surface area contributed by atoms with Gasteiger partial charge >= 0.3 is 5.97 Å². The molecular weight excluding hydrogens is 424 g/mol. The van der Waals surface area contributed by atoms with Crippen LogP contribution >= 0.6 is 11.6 Å². The molecule has 0 bridgehead atoms. The minimum atomic E-state index is -0.673. The fourth-order valence-corrected chi connectivity index (χ4v) is 2.87. The highest BCUT2D eigenvalue weighted by Gasteiger charge is 2.26. The van der Waals surface area contributed by atoms with Crippen LogP contribution in [-0.2, 0) is 9.53 Å². The van der Waals surface area contributed by atoms with E-state index in [-0.39, 0.29) is 27.9 Å². The molecule has 3 rings (SSSR count). The molecule has 0 spiro atoms. The number of nitro groups is 1. The van der Waals surface area contributed by atoms with Gasteiger partial charge in [0.15, 0.2) is 17.2 Å². The summed E-state index contributed by atoms with van der Waals surface area (Å²) >= 11 is 5.83. The molecule has 2 aromatic rings. The molecular formula is C22H19ClN2O6. The summed E-state index contributed by atoms with van der Waals surface area (Å²) in [6.07, 6.45) is 1.53. The zero-order chi connectivity index (χ0) is 22.5. The molecule has 1 aliphatic heterocycles. The minimum absolute atomic E-state index is 0.0214. The van der Waals surface area contributed by atoms with Crippen molar-refractivity contribution < 1.29 is 23.9 Å². The van der Waals surface area contributed by atoms with Gasteiger partial charge < -0.3 is 14.2 Å². The highest BCUT2D eigenvalue weighted by molar-refractivity contribution is 6.32. The maximum absolute atomic E-state index is 12.3. The first-order valence-electron chi connectivity index (χ1n) is 9.29. The third-order valence-corrected chi connectivity index (χ3v) is 4.37. The monoisotopic (exact) mass is 442 g/mol. The maximum Gasteiger partial charge on any atom is 0.363 e. The van der Waals surface area contributed by atoms with E-state index in [4.69, 9.17) is 25.8 Å². The van der Waals surface area contributed by atoms with Crippen molar-refractivity contribution in [2.24, 2.45) is 4.99 Å². The van der Waals surface area contributed by atoms with Crippen molar-refractivity contribution in [2.45, 2.75) is 13.8 Å². The lowest BCUT2D eigenvalue weighted by Gasteiger charge is -2.12. The number of hydrogen-bond donors (Lipinski definition) is 0. The lowest BCUT2D eigenvalue weighted by molar-refractivity contribution is -0.384. The van der Waals surface area contributed by atoms with Gasteiger partial charge in [0.05, 0.1) is 11.5 Å². The highest BCUT2D eigenvalue weighted by Crippen LogP contribution is 2.31. The molecule has 160 valence electrons. The Morgan fingerprint density at radius 2 is 2.03 bits per heavy atom. The number of nitrogens with zero attached hydrogens (tertiary/aromatic N) is 2. The summed E-state index contributed by atoms with van der Waals surface area (Å²) in [7, 11) is 0. The topological polar surface area (TPSA) is 100 Å². The molecule has 9 heteroatoms. The number of nitro benzene ring substituents is 1. The third-order valence-electron chi connectivity index (χ3n) is 4.06. The van der Waals surface area contributed by atoms with Gasteiger partial charge in [0.1, 0.15) is 11.6 Å². The zero-order valence-electron chi connectivity index (χ0n) is 16.9. The highest BCUT2D eigenvalue weighted by atomic mass is 35.5. The second kappa shape index (κ2) is 9.44. The van der Waals surface area contributed by atoms with E-state index in [2.05, 4.69) is 11.6 Å². The lowest BCUT2D eigenvalue weighted by atomic mass is 10.1. The number of cyclic esters (lactones) is 1. The SMILES string of the molecule is C=C(C)COc1ccc(/C=C2\N=C(c3ccc(Cl)c([N+](=O)[O-])c3)OC2=O)cc1OCC. The summed E-state index contributed by atoms with van der Waals surface area (Å²) in [5.41, 5.74) is 1.52. The predicted octanol–water partition coefficient (Wildman–Crippen LogP) is 4.95. The number of carbonyl (C=O) groups excluding carboxylic acids is 1. The molecule has 1 heterocycles. The molecule has 0 unspecified atom stereocenters. The van der Waals surface area contributed by atoms with Gasteiger partial charge in [-0.2, -0.15) is 0 Å². The first kappa shape index (κ1) is 22.0. The van der Waals surface area contributed by atoms with Crippen LogP contribution in [0.1, 0.15) is 25.0 Å². The Balaban J connectivity index is 1.91. The number of aliphatic imine (C=N–C) groups is 1. The van der Waals surface area contributed by atoms with Gasteiger partial charge in [-0.1, -0.05) is 24.2 Å². The maximum atomic E-state index is 12.3. The summed E-state index contributed by atoms with van der Waals surface area (Å²) in [4.78, 5) is 26.9. The van der Waals surface area contributed by atoms with Crippen molar-refractivity contribution in [1.82, 2.24) is 0 Å². The number of hydrogen-bond acceptors (Lipinski definition) is 7. The van der Waals surface area contributed by atoms with Crippen LogP contribution in [0.4, 0.5) is 5.69 Å². The first-order chi connectivity index (χ1) is 14.8. The van der Waals surface area contributed by atoms with Crippen LogP contribution in [0.2, 0.25) is 5.02 Å².